The molecule has 134 valence electrons. The summed E-state index contributed by atoms with van der Waals surface area (Å²) in [5, 5.41) is 2.14. The number of thiophene rings is 1. The molecule has 2 aromatic heterocycles. The lowest BCUT2D eigenvalue weighted by atomic mass is 10.0. The van der Waals surface area contributed by atoms with Crippen LogP contribution in [0.4, 0.5) is 5.69 Å². The number of oxazole rings is 1. The van der Waals surface area contributed by atoms with Gasteiger partial charge in [-0.2, -0.15) is 0 Å². The molecule has 0 amide bonds. The Morgan fingerprint density at radius 2 is 2.12 bits per heavy atom. The van der Waals surface area contributed by atoms with Gasteiger partial charge in [0, 0.05) is 36.7 Å². The quantitative estimate of drug-likeness (QED) is 0.704. The van der Waals surface area contributed by atoms with E-state index in [0.29, 0.717) is 0 Å². The molecule has 2 aliphatic heterocycles. The number of nitrogens with zero attached hydrogens (tertiary/aromatic N) is 3. The average Bonchev–Trinajstić information content (AvgIpc) is 3.42. The highest BCUT2D eigenvalue weighted by atomic mass is 32.1. The van der Waals surface area contributed by atoms with Crippen molar-refractivity contribution >= 4 is 17.0 Å². The van der Waals surface area contributed by atoms with Gasteiger partial charge >= 0.3 is 0 Å². The molecule has 1 saturated heterocycles. The molecule has 5 nitrogen and oxygen atoms in total. The Labute approximate surface area is 156 Å². The zero-order valence-corrected chi connectivity index (χ0v) is 15.3. The van der Waals surface area contributed by atoms with Crippen molar-refractivity contribution < 1.29 is 9.15 Å². The van der Waals surface area contributed by atoms with E-state index in [0.717, 1.165) is 45.2 Å². The molecule has 5 rings (SSSR count). The van der Waals surface area contributed by atoms with Gasteiger partial charge in [-0.1, -0.05) is 12.1 Å². The molecule has 0 radical (unpaired) electrons. The first kappa shape index (κ1) is 16.1. The van der Waals surface area contributed by atoms with Crippen molar-refractivity contribution in [3.05, 3.63) is 70.1 Å². The zero-order valence-electron chi connectivity index (χ0n) is 14.5. The lowest BCUT2D eigenvalue weighted by Gasteiger charge is -2.29. The van der Waals surface area contributed by atoms with E-state index in [-0.39, 0.29) is 6.04 Å². The summed E-state index contributed by atoms with van der Waals surface area (Å²) in [5.74, 6) is 0.916. The second kappa shape index (κ2) is 6.87. The molecule has 26 heavy (non-hydrogen) atoms. The normalized spacial score (nSPS) is 20.5. The van der Waals surface area contributed by atoms with Crippen LogP contribution in [0.3, 0.4) is 0 Å². The van der Waals surface area contributed by atoms with Crippen LogP contribution in [0.1, 0.15) is 27.8 Å². The van der Waals surface area contributed by atoms with Gasteiger partial charge in [-0.15, -0.1) is 11.3 Å². The Morgan fingerprint density at radius 3 is 2.88 bits per heavy atom. The van der Waals surface area contributed by atoms with E-state index >= 15 is 0 Å². The van der Waals surface area contributed by atoms with Crippen molar-refractivity contribution in [2.75, 3.05) is 31.2 Å². The van der Waals surface area contributed by atoms with Crippen LogP contribution in [0.25, 0.3) is 0 Å². The van der Waals surface area contributed by atoms with E-state index in [9.17, 15) is 0 Å². The molecule has 0 spiro atoms. The minimum absolute atomic E-state index is 0.133. The van der Waals surface area contributed by atoms with Gasteiger partial charge in [0.15, 0.2) is 6.39 Å². The van der Waals surface area contributed by atoms with Crippen LogP contribution in [-0.4, -0.2) is 36.2 Å². The predicted octanol–water partition coefficient (Wildman–Crippen LogP) is 3.68. The number of hydrogen-bond acceptors (Lipinski definition) is 6. The standard InChI is InChI=1S/C20H21N3O2S/c1-2-17(26-9-1)13-23-12-15-10-16(22-5-7-24-8-6-22)3-4-18(15)20(23)19-11-21-14-25-19/h1-4,9-11,14,20H,5-8,12-13H2. The Hall–Kier alpha value is -2.15. The summed E-state index contributed by atoms with van der Waals surface area (Å²) in [7, 11) is 0. The number of fused-ring (bicyclic) bond motifs is 1. The number of morpholine rings is 1. The fourth-order valence-corrected chi connectivity index (χ4v) is 4.69. The molecule has 2 aliphatic rings. The number of rotatable bonds is 4. The molecule has 0 aliphatic carbocycles. The van der Waals surface area contributed by atoms with Crippen molar-refractivity contribution in [1.82, 2.24) is 9.88 Å². The van der Waals surface area contributed by atoms with Gasteiger partial charge in [-0.25, -0.2) is 4.98 Å². The van der Waals surface area contributed by atoms with Crippen LogP contribution in [0.5, 0.6) is 0 Å². The highest BCUT2D eigenvalue weighted by Gasteiger charge is 2.34. The molecule has 0 saturated carbocycles. The molecule has 1 fully saturated rings. The summed E-state index contributed by atoms with van der Waals surface area (Å²) in [6, 6.07) is 11.3. The first-order valence-electron chi connectivity index (χ1n) is 8.99. The Bertz CT molecular complexity index is 857. The summed E-state index contributed by atoms with van der Waals surface area (Å²) in [5.41, 5.74) is 4.00. The Morgan fingerprint density at radius 1 is 1.19 bits per heavy atom. The van der Waals surface area contributed by atoms with Gasteiger partial charge in [0.25, 0.3) is 0 Å². The third-order valence-corrected chi connectivity index (χ3v) is 6.06. The third-order valence-electron chi connectivity index (χ3n) is 5.20. The van der Waals surface area contributed by atoms with Crippen LogP contribution < -0.4 is 4.90 Å². The molecule has 0 N–H and O–H groups in total. The van der Waals surface area contributed by atoms with E-state index in [2.05, 4.69) is 50.5 Å². The number of anilines is 1. The Balaban J connectivity index is 1.48. The predicted molar refractivity (Wildman–Crippen MR) is 101 cm³/mol. The summed E-state index contributed by atoms with van der Waals surface area (Å²) >= 11 is 1.80. The van der Waals surface area contributed by atoms with Crippen LogP contribution in [0.2, 0.25) is 0 Å². The highest BCUT2D eigenvalue weighted by molar-refractivity contribution is 7.09. The molecular formula is C20H21N3O2S. The molecule has 1 atom stereocenters. The molecule has 6 heteroatoms. The number of aromatic nitrogens is 1. The lowest BCUT2D eigenvalue weighted by molar-refractivity contribution is 0.122. The van der Waals surface area contributed by atoms with Gasteiger partial charge in [-0.05, 0) is 34.7 Å². The number of ether oxygens (including phenoxy) is 1. The number of hydrogen-bond donors (Lipinski definition) is 0. The SMILES string of the molecule is c1csc(CN2Cc3cc(N4CCOCC4)ccc3C2c2cnco2)c1. The summed E-state index contributed by atoms with van der Waals surface area (Å²) in [6.45, 7) is 5.39. The van der Waals surface area contributed by atoms with E-state index in [1.54, 1.807) is 11.3 Å². The van der Waals surface area contributed by atoms with Crippen LogP contribution in [0.15, 0.2) is 52.7 Å². The van der Waals surface area contributed by atoms with E-state index in [4.69, 9.17) is 9.15 Å². The zero-order chi connectivity index (χ0) is 17.3. The van der Waals surface area contributed by atoms with Crippen molar-refractivity contribution in [3.8, 4) is 0 Å². The number of benzene rings is 1. The molecule has 4 heterocycles. The van der Waals surface area contributed by atoms with E-state index in [1.807, 2.05) is 6.20 Å². The molecule has 1 aromatic carbocycles. The maximum atomic E-state index is 5.69. The maximum Gasteiger partial charge on any atom is 0.180 e. The van der Waals surface area contributed by atoms with Gasteiger partial charge in [-0.3, -0.25) is 4.90 Å². The second-order valence-corrected chi connectivity index (χ2v) is 7.81. The summed E-state index contributed by atoms with van der Waals surface area (Å²) in [4.78, 5) is 10.4. The molecule has 1 unspecified atom stereocenters. The summed E-state index contributed by atoms with van der Waals surface area (Å²) < 4.78 is 11.2. The van der Waals surface area contributed by atoms with Crippen LogP contribution >= 0.6 is 11.3 Å². The molecule has 0 bridgehead atoms. The van der Waals surface area contributed by atoms with Crippen molar-refractivity contribution in [2.24, 2.45) is 0 Å². The van der Waals surface area contributed by atoms with Crippen molar-refractivity contribution in [3.63, 3.8) is 0 Å². The third kappa shape index (κ3) is 2.94. The van der Waals surface area contributed by atoms with Crippen LogP contribution in [-0.2, 0) is 17.8 Å². The van der Waals surface area contributed by atoms with Crippen LogP contribution in [0, 0.1) is 0 Å². The minimum Gasteiger partial charge on any atom is -0.446 e. The fourth-order valence-electron chi connectivity index (χ4n) is 3.96. The first-order valence-corrected chi connectivity index (χ1v) is 9.87. The monoisotopic (exact) mass is 367 g/mol. The first-order chi connectivity index (χ1) is 12.9. The Kier molecular flexibility index (Phi) is 4.24. The maximum absolute atomic E-state index is 5.69. The van der Waals surface area contributed by atoms with Gasteiger partial charge in [0.2, 0.25) is 0 Å². The van der Waals surface area contributed by atoms with Gasteiger partial charge < -0.3 is 14.1 Å². The van der Waals surface area contributed by atoms with Gasteiger partial charge in [0.05, 0.1) is 25.5 Å². The van der Waals surface area contributed by atoms with Crippen molar-refractivity contribution in [2.45, 2.75) is 19.1 Å². The average molecular weight is 367 g/mol. The minimum atomic E-state index is 0.133. The molecular weight excluding hydrogens is 346 g/mol. The molecule has 3 aromatic rings. The van der Waals surface area contributed by atoms with E-state index < -0.39 is 0 Å². The lowest BCUT2D eigenvalue weighted by Crippen LogP contribution is -2.36. The highest BCUT2D eigenvalue weighted by Crippen LogP contribution is 2.41. The summed E-state index contributed by atoms with van der Waals surface area (Å²) in [6.07, 6.45) is 3.37. The topological polar surface area (TPSA) is 41.7 Å². The van der Waals surface area contributed by atoms with E-state index in [1.165, 1.54) is 28.1 Å². The van der Waals surface area contributed by atoms with Gasteiger partial charge in [0.1, 0.15) is 5.76 Å². The van der Waals surface area contributed by atoms with Crippen molar-refractivity contribution in [1.29, 1.82) is 0 Å². The fraction of sp³-hybridized carbons (Fsp3) is 0.350. The largest absolute Gasteiger partial charge is 0.446 e. The second-order valence-electron chi connectivity index (χ2n) is 6.77. The smallest absolute Gasteiger partial charge is 0.180 e.